The van der Waals surface area contributed by atoms with Gasteiger partial charge in [0.15, 0.2) is 0 Å². The largest absolute Gasteiger partial charge is 0.377 e. The number of ketones is 1. The van der Waals surface area contributed by atoms with Crippen molar-refractivity contribution in [3.8, 4) is 0 Å². The summed E-state index contributed by atoms with van der Waals surface area (Å²) in [6, 6.07) is 7.42. The van der Waals surface area contributed by atoms with E-state index in [0.717, 1.165) is 5.56 Å². The van der Waals surface area contributed by atoms with E-state index in [1.165, 1.54) is 0 Å². The molecule has 2 atom stereocenters. The van der Waals surface area contributed by atoms with Crippen LogP contribution in [-0.4, -0.2) is 18.5 Å². The molecule has 3 heteroatoms. The Hall–Kier alpha value is -0.860. The fourth-order valence-corrected chi connectivity index (χ4v) is 2.06. The Bertz CT molecular complexity index is 358. The first kappa shape index (κ1) is 10.7. The van der Waals surface area contributed by atoms with E-state index < -0.39 is 0 Å². The molecule has 1 aromatic carbocycles. The zero-order valence-corrected chi connectivity index (χ0v) is 9.33. The third kappa shape index (κ3) is 2.06. The van der Waals surface area contributed by atoms with Gasteiger partial charge in [0.05, 0.1) is 12.0 Å². The summed E-state index contributed by atoms with van der Waals surface area (Å²) in [5, 5.41) is 0.693. The summed E-state index contributed by atoms with van der Waals surface area (Å²) >= 11 is 5.80. The van der Waals surface area contributed by atoms with Crippen molar-refractivity contribution in [3.63, 3.8) is 0 Å². The highest BCUT2D eigenvalue weighted by Crippen LogP contribution is 2.36. The van der Waals surface area contributed by atoms with Crippen molar-refractivity contribution in [2.24, 2.45) is 0 Å². The van der Waals surface area contributed by atoms with E-state index in [1.54, 1.807) is 0 Å². The van der Waals surface area contributed by atoms with Crippen molar-refractivity contribution < 1.29 is 9.53 Å². The number of benzene rings is 1. The lowest BCUT2D eigenvalue weighted by molar-refractivity contribution is -0.137. The SMILES string of the molecule is CCO[C@H]1CC(=O)[C@@H]1c1ccc(Cl)cc1. The Labute approximate surface area is 94.2 Å². The second-order valence-corrected chi connectivity index (χ2v) is 4.13. The third-order valence-electron chi connectivity index (χ3n) is 2.73. The van der Waals surface area contributed by atoms with Crippen LogP contribution < -0.4 is 0 Å². The van der Waals surface area contributed by atoms with Gasteiger partial charge in [0.1, 0.15) is 5.78 Å². The molecule has 0 spiro atoms. The number of hydrogen-bond acceptors (Lipinski definition) is 2. The molecule has 80 valence electrons. The molecule has 0 aromatic heterocycles. The monoisotopic (exact) mass is 224 g/mol. The maximum absolute atomic E-state index is 11.5. The molecule has 1 aromatic rings. The van der Waals surface area contributed by atoms with Gasteiger partial charge in [-0.3, -0.25) is 4.79 Å². The summed E-state index contributed by atoms with van der Waals surface area (Å²) in [7, 11) is 0. The summed E-state index contributed by atoms with van der Waals surface area (Å²) in [5.41, 5.74) is 1.01. The molecule has 0 aliphatic heterocycles. The number of halogens is 1. The van der Waals surface area contributed by atoms with Gasteiger partial charge >= 0.3 is 0 Å². The van der Waals surface area contributed by atoms with Crippen molar-refractivity contribution in [1.29, 1.82) is 0 Å². The Balaban J connectivity index is 2.15. The zero-order valence-electron chi connectivity index (χ0n) is 8.57. The first-order chi connectivity index (χ1) is 7.22. The maximum atomic E-state index is 11.5. The van der Waals surface area contributed by atoms with E-state index in [0.29, 0.717) is 18.1 Å². The van der Waals surface area contributed by atoms with E-state index in [2.05, 4.69) is 0 Å². The Kier molecular flexibility index (Phi) is 3.08. The Morgan fingerprint density at radius 1 is 1.40 bits per heavy atom. The molecule has 2 nitrogen and oxygen atoms in total. The molecule has 0 amide bonds. The predicted molar refractivity (Wildman–Crippen MR) is 59.2 cm³/mol. The minimum atomic E-state index is -0.0813. The van der Waals surface area contributed by atoms with Crippen LogP contribution in [-0.2, 0) is 9.53 Å². The molecule has 0 N–H and O–H groups in total. The first-order valence-corrected chi connectivity index (χ1v) is 5.50. The smallest absolute Gasteiger partial charge is 0.145 e. The van der Waals surface area contributed by atoms with E-state index in [-0.39, 0.29) is 17.8 Å². The van der Waals surface area contributed by atoms with Gasteiger partial charge < -0.3 is 4.74 Å². The number of carbonyl (C=O) groups is 1. The first-order valence-electron chi connectivity index (χ1n) is 5.12. The van der Waals surface area contributed by atoms with Crippen LogP contribution in [0.25, 0.3) is 0 Å². The van der Waals surface area contributed by atoms with Gasteiger partial charge in [-0.15, -0.1) is 0 Å². The molecule has 1 fully saturated rings. The van der Waals surface area contributed by atoms with Crippen LogP contribution in [0.15, 0.2) is 24.3 Å². The number of ether oxygens (including phenoxy) is 1. The van der Waals surface area contributed by atoms with Gasteiger partial charge in [-0.25, -0.2) is 0 Å². The van der Waals surface area contributed by atoms with Gasteiger partial charge in [0, 0.05) is 18.1 Å². The van der Waals surface area contributed by atoms with Crippen LogP contribution in [0.4, 0.5) is 0 Å². The number of carbonyl (C=O) groups excluding carboxylic acids is 1. The van der Waals surface area contributed by atoms with Gasteiger partial charge in [0.2, 0.25) is 0 Å². The fraction of sp³-hybridized carbons (Fsp3) is 0.417. The van der Waals surface area contributed by atoms with Crippen LogP contribution in [0.1, 0.15) is 24.8 Å². The summed E-state index contributed by atoms with van der Waals surface area (Å²) < 4.78 is 5.49. The molecule has 0 heterocycles. The second-order valence-electron chi connectivity index (χ2n) is 3.69. The normalized spacial score (nSPS) is 25.1. The molecule has 1 aliphatic rings. The van der Waals surface area contributed by atoms with E-state index in [1.807, 2.05) is 31.2 Å². The van der Waals surface area contributed by atoms with Crippen molar-refractivity contribution in [2.45, 2.75) is 25.4 Å². The molecule has 1 saturated carbocycles. The van der Waals surface area contributed by atoms with Gasteiger partial charge in [-0.2, -0.15) is 0 Å². The lowest BCUT2D eigenvalue weighted by Gasteiger charge is -2.34. The average Bonchev–Trinajstić information content (AvgIpc) is 2.21. The molecule has 0 radical (unpaired) electrons. The standard InChI is InChI=1S/C12H13ClO2/c1-2-15-11-7-10(14)12(11)8-3-5-9(13)6-4-8/h3-6,11-12H,2,7H2,1H3/t11-,12-/m0/s1. The molecule has 0 saturated heterocycles. The molecule has 2 rings (SSSR count). The highest BCUT2D eigenvalue weighted by molar-refractivity contribution is 6.30. The lowest BCUT2D eigenvalue weighted by Crippen LogP contribution is -2.41. The van der Waals surface area contributed by atoms with Crippen LogP contribution in [0, 0.1) is 0 Å². The van der Waals surface area contributed by atoms with Gasteiger partial charge in [0.25, 0.3) is 0 Å². The quantitative estimate of drug-likeness (QED) is 0.789. The summed E-state index contributed by atoms with van der Waals surface area (Å²) in [6.45, 7) is 2.60. The Morgan fingerprint density at radius 3 is 2.60 bits per heavy atom. The van der Waals surface area contributed by atoms with Gasteiger partial charge in [-0.05, 0) is 24.6 Å². The summed E-state index contributed by atoms with van der Waals surface area (Å²) in [5.74, 6) is 0.179. The Morgan fingerprint density at radius 2 is 2.07 bits per heavy atom. The van der Waals surface area contributed by atoms with Crippen molar-refractivity contribution in [2.75, 3.05) is 6.61 Å². The minimum Gasteiger partial charge on any atom is -0.377 e. The predicted octanol–water partition coefficient (Wildman–Crippen LogP) is 2.80. The van der Waals surface area contributed by atoms with Gasteiger partial charge in [-0.1, -0.05) is 23.7 Å². The molecule has 0 unspecified atom stereocenters. The lowest BCUT2D eigenvalue weighted by atomic mass is 9.75. The minimum absolute atomic E-state index is 0.0590. The van der Waals surface area contributed by atoms with E-state index in [4.69, 9.17) is 16.3 Å². The zero-order chi connectivity index (χ0) is 10.8. The van der Waals surface area contributed by atoms with Crippen LogP contribution in [0.5, 0.6) is 0 Å². The van der Waals surface area contributed by atoms with E-state index >= 15 is 0 Å². The molecular formula is C12H13ClO2. The van der Waals surface area contributed by atoms with Crippen molar-refractivity contribution in [1.82, 2.24) is 0 Å². The van der Waals surface area contributed by atoms with Crippen molar-refractivity contribution in [3.05, 3.63) is 34.9 Å². The number of rotatable bonds is 3. The molecular weight excluding hydrogens is 212 g/mol. The van der Waals surface area contributed by atoms with E-state index in [9.17, 15) is 4.79 Å². The highest BCUT2D eigenvalue weighted by Gasteiger charge is 2.41. The average molecular weight is 225 g/mol. The highest BCUT2D eigenvalue weighted by atomic mass is 35.5. The number of hydrogen-bond donors (Lipinski definition) is 0. The fourth-order valence-electron chi connectivity index (χ4n) is 1.93. The van der Waals surface area contributed by atoms with Crippen LogP contribution >= 0.6 is 11.6 Å². The van der Waals surface area contributed by atoms with Crippen LogP contribution in [0.3, 0.4) is 0 Å². The van der Waals surface area contributed by atoms with Crippen LogP contribution in [0.2, 0.25) is 5.02 Å². The third-order valence-corrected chi connectivity index (χ3v) is 2.98. The number of Topliss-reactive ketones (excluding diaryl/α,β-unsaturated/α-hetero) is 1. The molecule has 15 heavy (non-hydrogen) atoms. The summed E-state index contributed by atoms with van der Waals surface area (Å²) in [6.07, 6.45) is 0.602. The topological polar surface area (TPSA) is 26.3 Å². The molecule has 0 bridgehead atoms. The van der Waals surface area contributed by atoms with Crippen molar-refractivity contribution >= 4 is 17.4 Å². The maximum Gasteiger partial charge on any atom is 0.145 e. The molecule has 1 aliphatic carbocycles. The second kappa shape index (κ2) is 4.33. The summed E-state index contributed by atoms with van der Waals surface area (Å²) in [4.78, 5) is 11.5.